The Morgan fingerprint density at radius 3 is 2.27 bits per heavy atom. The van der Waals surface area contributed by atoms with Crippen LogP contribution in [0.1, 0.15) is 36.8 Å². The summed E-state index contributed by atoms with van der Waals surface area (Å²) in [5.74, 6) is -5.35. The zero-order chi connectivity index (χ0) is 43.7. The van der Waals surface area contributed by atoms with E-state index in [0.717, 1.165) is 6.08 Å². The second kappa shape index (κ2) is 18.5. The average molecular weight is 1100 g/mol. The Hall–Kier alpha value is -4.04. The molecule has 10 N–H and O–H groups in total. The van der Waals surface area contributed by atoms with Crippen molar-refractivity contribution < 1.29 is 69.4 Å². The highest BCUT2D eigenvalue weighted by molar-refractivity contribution is 9.13. The molecule has 1 aliphatic carbocycles. The predicted molar refractivity (Wildman–Crippen MR) is 223 cm³/mol. The number of oxime groups is 3. The molecule has 20 nitrogen and oxygen atoms in total. The summed E-state index contributed by atoms with van der Waals surface area (Å²) in [4.78, 5) is 45.0. The van der Waals surface area contributed by atoms with Gasteiger partial charge in [-0.1, -0.05) is 38.3 Å². The maximum absolute atomic E-state index is 13.9. The molecule has 0 aromatic heterocycles. The molecule has 7 rings (SSSR count). The number of alkyl halides is 1. The smallest absolute Gasteiger partial charge is 0.287 e. The molecular weight excluding hydrogens is 1060 g/mol. The number of aliphatic hydroxyl groups excluding tert-OH is 3. The molecule has 0 saturated heterocycles. The highest BCUT2D eigenvalue weighted by Crippen LogP contribution is 2.52. The number of phenols is 1. The van der Waals surface area contributed by atoms with E-state index in [9.17, 15) is 50.3 Å². The van der Waals surface area contributed by atoms with Crippen molar-refractivity contribution in [2.75, 3.05) is 26.2 Å². The van der Waals surface area contributed by atoms with E-state index < -0.39 is 102 Å². The van der Waals surface area contributed by atoms with E-state index in [1.807, 2.05) is 0 Å². The van der Waals surface area contributed by atoms with Crippen LogP contribution in [0.4, 0.5) is 0 Å². The number of ether oxygens (including phenoxy) is 3. The van der Waals surface area contributed by atoms with Crippen molar-refractivity contribution in [1.82, 2.24) is 16.0 Å². The zero-order valence-electron chi connectivity index (χ0n) is 31.1. The van der Waals surface area contributed by atoms with Crippen LogP contribution in [0.25, 0.3) is 0 Å². The van der Waals surface area contributed by atoms with Crippen molar-refractivity contribution in [2.45, 2.75) is 72.7 Å². The van der Waals surface area contributed by atoms with Gasteiger partial charge in [0.1, 0.15) is 28.0 Å². The van der Waals surface area contributed by atoms with Crippen LogP contribution >= 0.6 is 63.7 Å². The van der Waals surface area contributed by atoms with Gasteiger partial charge in [-0.25, -0.2) is 0 Å². The van der Waals surface area contributed by atoms with Gasteiger partial charge in [0.25, 0.3) is 23.5 Å². The highest BCUT2D eigenvalue weighted by Gasteiger charge is 2.60. The number of nitrogens with one attached hydrogen (secondary N) is 3. The zero-order valence-corrected chi connectivity index (χ0v) is 37.5. The summed E-state index contributed by atoms with van der Waals surface area (Å²) in [6.45, 7) is 0.467. The third-order valence-electron chi connectivity index (χ3n) is 10.1. The number of fused-ring (bicyclic) bond motifs is 9. The summed E-state index contributed by atoms with van der Waals surface area (Å²) in [5, 5.41) is 92.9. The average Bonchev–Trinajstić information content (AvgIpc) is 3.61. The third-order valence-corrected chi connectivity index (χ3v) is 14.0. The molecule has 1 spiro atoms. The lowest BCUT2D eigenvalue weighted by Crippen LogP contribution is -2.62. The molecule has 4 aliphatic heterocycles. The number of rotatable bonds is 0. The van der Waals surface area contributed by atoms with Gasteiger partial charge in [-0.05, 0) is 95.7 Å². The van der Waals surface area contributed by atoms with Crippen LogP contribution in [-0.4, -0.2) is 138 Å². The Bertz CT molecular complexity index is 2180. The number of hydrogen-bond donors (Lipinski definition) is 10. The maximum atomic E-state index is 13.9. The van der Waals surface area contributed by atoms with Gasteiger partial charge in [0, 0.05) is 42.9 Å². The number of halogens is 4. The molecule has 0 radical (unpaired) electrons. The van der Waals surface area contributed by atoms with Crippen molar-refractivity contribution in [3.05, 3.63) is 54.9 Å². The van der Waals surface area contributed by atoms with Crippen molar-refractivity contribution in [3.8, 4) is 23.0 Å². The lowest BCUT2D eigenvalue weighted by molar-refractivity contribution is -0.141. The van der Waals surface area contributed by atoms with Gasteiger partial charge in [0.05, 0.1) is 27.8 Å². The van der Waals surface area contributed by atoms with Crippen LogP contribution in [0, 0.1) is 0 Å². The molecule has 2 aromatic rings. The Morgan fingerprint density at radius 1 is 0.883 bits per heavy atom. The highest BCUT2D eigenvalue weighted by atomic mass is 79.9. The lowest BCUT2D eigenvalue weighted by atomic mass is 9.81. The van der Waals surface area contributed by atoms with E-state index in [0.29, 0.717) is 14.5 Å². The topological polar surface area (TPSA) is 303 Å². The Morgan fingerprint density at radius 2 is 1.58 bits per heavy atom. The molecule has 24 heteroatoms. The number of carbonyl (C=O) groups is 3. The van der Waals surface area contributed by atoms with Crippen molar-refractivity contribution in [1.29, 1.82) is 0 Å². The maximum Gasteiger partial charge on any atom is 0.287 e. The van der Waals surface area contributed by atoms with Crippen LogP contribution in [0.5, 0.6) is 23.0 Å². The molecular formula is C36H38Br4N6O14. The largest absolute Gasteiger partial charge is 0.504 e. The fourth-order valence-corrected chi connectivity index (χ4v) is 9.12. The third kappa shape index (κ3) is 9.10. The van der Waals surface area contributed by atoms with Gasteiger partial charge in [-0.2, -0.15) is 0 Å². The normalized spacial score (nSPS) is 32.6. The van der Waals surface area contributed by atoms with Crippen molar-refractivity contribution in [3.63, 3.8) is 0 Å². The predicted octanol–water partition coefficient (Wildman–Crippen LogP) is 1.58. The number of nitrogens with zero attached hydrogens (tertiary/aromatic N) is 3. The number of aliphatic hydroxyl groups is 4. The van der Waals surface area contributed by atoms with Gasteiger partial charge in [0.15, 0.2) is 34.8 Å². The summed E-state index contributed by atoms with van der Waals surface area (Å²) >= 11 is 13.9. The fourth-order valence-electron chi connectivity index (χ4n) is 6.68. The van der Waals surface area contributed by atoms with Gasteiger partial charge in [0.2, 0.25) is 0 Å². The second-order valence-electron chi connectivity index (χ2n) is 14.2. The number of phenolic OH excluding ortho intramolecular Hbond substituents is 1. The number of carbonyl (C=O) groups excluding carboxylic acids is 3. The molecule has 4 heterocycles. The standard InChI is InChI=1S/C36H38Br4N6O14/c1-14-15-7-17(37)28-23(10-15)58-36(59-28)4-3-35(54)11-19(44-55)33(52)43-13-22(49)27(50)21(48)12-42-32(51)18(46-60-31(35)30(36)40)8-16-9-20(47)29(25(39)24(16)38)57-6-2-5-41-34(53)26(14)45-56/h3-4,7,9-10,14,21-22,27,30-31,47-50,54-56H,2,5-6,8,11-13H2,1H3,(H,41,53)(H,42,51)(H,43,52)/b44-19+,45-26+,46-18+/t14?,21-,22-,27-,30+,31-,35-,36?/m1/s1. The molecule has 5 aliphatic rings. The molecule has 0 saturated carbocycles. The SMILES string of the molecule is CC1/C(=N\O)C(=O)NCCCOc2c(O)cc(c(Br)c2Br)C/C2=N\O[C@@H]3[C@H](Br)C4(C=C[C@@]3(O)C/C(=N\O)C(=O)NC[C@@H](O)[C@H](O)[C@H](O)CNC2=O)Oc2cc1cc(Br)c2O4. The van der Waals surface area contributed by atoms with E-state index >= 15 is 0 Å². The Balaban J connectivity index is 1.50. The first-order valence-electron chi connectivity index (χ1n) is 18.1. The minimum absolute atomic E-state index is 0.0124. The van der Waals surface area contributed by atoms with Crippen molar-refractivity contribution in [2.24, 2.45) is 15.5 Å². The number of amides is 3. The van der Waals surface area contributed by atoms with E-state index in [1.165, 1.54) is 12.1 Å². The molecule has 0 fully saturated rings. The van der Waals surface area contributed by atoms with Crippen molar-refractivity contribution >= 4 is 98.6 Å². The Kier molecular flexibility index (Phi) is 14.0. The summed E-state index contributed by atoms with van der Waals surface area (Å²) in [6, 6.07) is 4.47. The molecule has 8 atom stereocenters. The van der Waals surface area contributed by atoms with Gasteiger partial charge < -0.3 is 70.9 Å². The van der Waals surface area contributed by atoms with Gasteiger partial charge >= 0.3 is 0 Å². The van der Waals surface area contributed by atoms with E-state index in [1.54, 1.807) is 19.1 Å². The first-order chi connectivity index (χ1) is 28.4. The second-order valence-corrected chi connectivity index (χ2v) is 17.6. The van der Waals surface area contributed by atoms with Gasteiger partial charge in [-0.3, -0.25) is 14.4 Å². The Labute approximate surface area is 374 Å². The van der Waals surface area contributed by atoms with Crippen LogP contribution in [0.3, 0.4) is 0 Å². The molecule has 324 valence electrons. The summed E-state index contributed by atoms with van der Waals surface area (Å²) in [7, 11) is 0. The molecule has 60 heavy (non-hydrogen) atoms. The first-order valence-corrected chi connectivity index (χ1v) is 21.4. The summed E-state index contributed by atoms with van der Waals surface area (Å²) < 4.78 is 19.5. The molecule has 2 aromatic carbocycles. The number of aromatic hydroxyl groups is 1. The fraction of sp³-hybridized carbons (Fsp3) is 0.444. The first kappa shape index (κ1) is 45.5. The van der Waals surface area contributed by atoms with Crippen LogP contribution in [-0.2, 0) is 25.6 Å². The lowest BCUT2D eigenvalue weighted by Gasteiger charge is -2.43. The van der Waals surface area contributed by atoms with Gasteiger partial charge in [-0.15, -0.1) is 0 Å². The minimum atomic E-state index is -2.31. The molecule has 2 unspecified atom stereocenters. The summed E-state index contributed by atoms with van der Waals surface area (Å²) in [6.07, 6.45) is -5.48. The van der Waals surface area contributed by atoms with Crippen LogP contribution in [0.15, 0.2) is 59.2 Å². The molecule has 3 amide bonds. The monoisotopic (exact) mass is 1090 g/mol. The summed E-state index contributed by atoms with van der Waals surface area (Å²) in [5.41, 5.74) is -2.89. The number of benzene rings is 2. The number of β-amino-alcohol motifs (C(OH)–C–C–N with tert-alkyl or cyclic N) is 2. The molecule has 7 bridgehead atoms. The number of hydrogen-bond acceptors (Lipinski definition) is 17. The van der Waals surface area contributed by atoms with E-state index in [4.69, 9.17) is 19.0 Å². The quantitative estimate of drug-likeness (QED) is 0.0776. The minimum Gasteiger partial charge on any atom is -0.504 e. The van der Waals surface area contributed by atoms with E-state index in [2.05, 4.69) is 95.1 Å². The van der Waals surface area contributed by atoms with Crippen LogP contribution in [0.2, 0.25) is 0 Å². The van der Waals surface area contributed by atoms with E-state index in [-0.39, 0.29) is 58.3 Å². The van der Waals surface area contributed by atoms with Crippen LogP contribution < -0.4 is 30.2 Å².